The molecule has 1 fully saturated rings. The average Bonchev–Trinajstić information content (AvgIpc) is 3.24. The van der Waals surface area contributed by atoms with Gasteiger partial charge in [0.2, 0.25) is 0 Å². The van der Waals surface area contributed by atoms with Gasteiger partial charge in [-0.3, -0.25) is 13.9 Å². The second-order valence-electron chi connectivity index (χ2n) is 8.15. The summed E-state index contributed by atoms with van der Waals surface area (Å²) in [6, 6.07) is 4.38. The Hall–Kier alpha value is -3.30. The minimum Gasteiger partial charge on any atom is -0.370 e. The molecule has 0 spiro atoms. The van der Waals surface area contributed by atoms with E-state index in [9.17, 15) is 9.18 Å². The van der Waals surface area contributed by atoms with Crippen molar-refractivity contribution in [3.8, 4) is 11.3 Å². The maximum absolute atomic E-state index is 14.9. The standard InChI is InChI=1S/C23H22ClFN6O2/c1-13-14(2)27-22-21(17-5-4-16(24)8-18(17)25)28-20(12-31(22)23(13)32)30-6-7-33-19(11-30)15-9-26-29(3)10-15/h4-5,8-10,12,19H,6-7,11H2,1-3H3/t19-/m0/s1. The van der Waals surface area contributed by atoms with E-state index >= 15 is 0 Å². The zero-order valence-electron chi connectivity index (χ0n) is 18.4. The van der Waals surface area contributed by atoms with Crippen LogP contribution in [0.25, 0.3) is 16.9 Å². The van der Waals surface area contributed by atoms with Crippen LogP contribution in [0.5, 0.6) is 0 Å². The van der Waals surface area contributed by atoms with Crippen LogP contribution in [0.3, 0.4) is 0 Å². The van der Waals surface area contributed by atoms with Gasteiger partial charge in [0.15, 0.2) is 5.65 Å². The third kappa shape index (κ3) is 3.87. The van der Waals surface area contributed by atoms with Crippen molar-refractivity contribution in [2.24, 2.45) is 7.05 Å². The maximum Gasteiger partial charge on any atom is 0.261 e. The van der Waals surface area contributed by atoms with Crippen molar-refractivity contribution in [3.63, 3.8) is 0 Å². The van der Waals surface area contributed by atoms with Crippen molar-refractivity contribution in [3.05, 3.63) is 74.8 Å². The maximum atomic E-state index is 14.9. The van der Waals surface area contributed by atoms with Crippen molar-refractivity contribution in [1.29, 1.82) is 0 Å². The van der Waals surface area contributed by atoms with E-state index in [0.717, 1.165) is 5.56 Å². The molecule has 0 N–H and O–H groups in total. The van der Waals surface area contributed by atoms with E-state index in [2.05, 4.69) is 10.1 Å². The molecular weight excluding hydrogens is 447 g/mol. The summed E-state index contributed by atoms with van der Waals surface area (Å²) >= 11 is 5.96. The molecule has 170 valence electrons. The summed E-state index contributed by atoms with van der Waals surface area (Å²) in [5.74, 6) is 0.00735. The molecular formula is C23H22ClFN6O2. The van der Waals surface area contributed by atoms with Gasteiger partial charge in [-0.1, -0.05) is 11.6 Å². The number of nitrogens with zero attached hydrogens (tertiary/aromatic N) is 6. The Morgan fingerprint density at radius 2 is 2.03 bits per heavy atom. The number of hydrogen-bond donors (Lipinski definition) is 0. The lowest BCUT2D eigenvalue weighted by molar-refractivity contribution is 0.0394. The van der Waals surface area contributed by atoms with E-state index in [1.165, 1.54) is 10.5 Å². The molecule has 8 nitrogen and oxygen atoms in total. The number of hydrogen-bond acceptors (Lipinski definition) is 6. The van der Waals surface area contributed by atoms with Gasteiger partial charge >= 0.3 is 0 Å². The van der Waals surface area contributed by atoms with Gasteiger partial charge in [0.05, 0.1) is 25.5 Å². The van der Waals surface area contributed by atoms with Gasteiger partial charge in [0.1, 0.15) is 23.4 Å². The van der Waals surface area contributed by atoms with Crippen LogP contribution in [0.15, 0.2) is 41.6 Å². The number of morpholine rings is 1. The molecule has 5 rings (SSSR count). The fourth-order valence-electron chi connectivity index (χ4n) is 4.00. The Morgan fingerprint density at radius 3 is 2.76 bits per heavy atom. The van der Waals surface area contributed by atoms with Crippen molar-refractivity contribution in [2.45, 2.75) is 20.0 Å². The molecule has 4 heterocycles. The van der Waals surface area contributed by atoms with Crippen molar-refractivity contribution < 1.29 is 9.13 Å². The first-order chi connectivity index (χ1) is 15.8. The lowest BCUT2D eigenvalue weighted by Gasteiger charge is -2.33. The van der Waals surface area contributed by atoms with Crippen molar-refractivity contribution >= 4 is 23.1 Å². The Bertz CT molecular complexity index is 1430. The van der Waals surface area contributed by atoms with E-state index in [1.807, 2.05) is 18.1 Å². The highest BCUT2D eigenvalue weighted by Crippen LogP contribution is 2.30. The quantitative estimate of drug-likeness (QED) is 0.458. The minimum atomic E-state index is -0.531. The Morgan fingerprint density at radius 1 is 1.21 bits per heavy atom. The molecule has 0 unspecified atom stereocenters. The number of aromatic nitrogens is 5. The second-order valence-corrected chi connectivity index (χ2v) is 8.58. The lowest BCUT2D eigenvalue weighted by Crippen LogP contribution is -2.39. The predicted molar refractivity (Wildman–Crippen MR) is 123 cm³/mol. The molecule has 1 aliphatic heterocycles. The SMILES string of the molecule is Cc1nc2c(-c3ccc(Cl)cc3F)nc(N3CCO[C@H](c4cnn(C)c4)C3)cn2c(=O)c1C. The first kappa shape index (κ1) is 21.5. The summed E-state index contributed by atoms with van der Waals surface area (Å²) in [5, 5.41) is 4.51. The molecule has 4 aromatic rings. The molecule has 10 heteroatoms. The van der Waals surface area contributed by atoms with Crippen LogP contribution in [0, 0.1) is 19.7 Å². The predicted octanol–water partition coefficient (Wildman–Crippen LogP) is 3.48. The number of benzene rings is 1. The summed E-state index contributed by atoms with van der Waals surface area (Å²) in [4.78, 5) is 24.5. The summed E-state index contributed by atoms with van der Waals surface area (Å²) in [6.07, 6.45) is 5.16. The fourth-order valence-corrected chi connectivity index (χ4v) is 4.16. The summed E-state index contributed by atoms with van der Waals surface area (Å²) in [6.45, 7) is 5.05. The normalized spacial score (nSPS) is 16.5. The van der Waals surface area contributed by atoms with Crippen LogP contribution in [0.1, 0.15) is 22.9 Å². The first-order valence-corrected chi connectivity index (χ1v) is 10.9. The summed E-state index contributed by atoms with van der Waals surface area (Å²) in [7, 11) is 1.85. The van der Waals surface area contributed by atoms with Crippen molar-refractivity contribution in [1.82, 2.24) is 24.1 Å². The fraction of sp³-hybridized carbons (Fsp3) is 0.304. The van der Waals surface area contributed by atoms with Crippen LogP contribution in [0.2, 0.25) is 5.02 Å². The number of aryl methyl sites for hydroxylation is 2. The highest BCUT2D eigenvalue weighted by Gasteiger charge is 2.26. The molecule has 0 saturated carbocycles. The van der Waals surface area contributed by atoms with E-state index in [-0.39, 0.29) is 27.9 Å². The van der Waals surface area contributed by atoms with Gasteiger partial charge in [-0.15, -0.1) is 0 Å². The highest BCUT2D eigenvalue weighted by molar-refractivity contribution is 6.30. The lowest BCUT2D eigenvalue weighted by atomic mass is 10.1. The monoisotopic (exact) mass is 468 g/mol. The molecule has 3 aromatic heterocycles. The van der Waals surface area contributed by atoms with Crippen LogP contribution < -0.4 is 10.5 Å². The van der Waals surface area contributed by atoms with E-state index in [4.69, 9.17) is 21.3 Å². The number of anilines is 1. The zero-order valence-corrected chi connectivity index (χ0v) is 19.2. The average molecular weight is 469 g/mol. The highest BCUT2D eigenvalue weighted by atomic mass is 35.5. The first-order valence-electron chi connectivity index (χ1n) is 10.5. The third-order valence-electron chi connectivity index (χ3n) is 5.94. The molecule has 1 saturated heterocycles. The van der Waals surface area contributed by atoms with E-state index < -0.39 is 5.82 Å². The number of fused-ring (bicyclic) bond motifs is 1. The third-order valence-corrected chi connectivity index (χ3v) is 6.18. The van der Waals surface area contributed by atoms with Crippen molar-refractivity contribution in [2.75, 3.05) is 24.6 Å². The van der Waals surface area contributed by atoms with Gasteiger partial charge < -0.3 is 9.64 Å². The largest absolute Gasteiger partial charge is 0.370 e. The van der Waals surface area contributed by atoms with E-state index in [1.54, 1.807) is 43.1 Å². The van der Waals surface area contributed by atoms with Gasteiger partial charge in [-0.25, -0.2) is 14.4 Å². The van der Waals surface area contributed by atoms with E-state index in [0.29, 0.717) is 42.4 Å². The summed E-state index contributed by atoms with van der Waals surface area (Å²) < 4.78 is 24.0. The second kappa shape index (κ2) is 8.24. The van der Waals surface area contributed by atoms with Crippen LogP contribution in [-0.4, -0.2) is 43.8 Å². The Labute approximate surface area is 194 Å². The molecule has 1 aliphatic rings. The number of rotatable bonds is 3. The van der Waals surface area contributed by atoms with Crippen LogP contribution >= 0.6 is 11.6 Å². The Balaban J connectivity index is 1.67. The molecule has 1 atom stereocenters. The van der Waals surface area contributed by atoms with Crippen LogP contribution in [0.4, 0.5) is 10.2 Å². The number of halogens is 2. The Kier molecular flexibility index (Phi) is 5.38. The topological polar surface area (TPSA) is 77.6 Å². The van der Waals surface area contributed by atoms with Gasteiger partial charge in [0.25, 0.3) is 5.56 Å². The zero-order chi connectivity index (χ0) is 23.3. The molecule has 0 aliphatic carbocycles. The van der Waals surface area contributed by atoms with Gasteiger partial charge in [-0.2, -0.15) is 5.10 Å². The van der Waals surface area contributed by atoms with Gasteiger partial charge in [-0.05, 0) is 32.0 Å². The smallest absolute Gasteiger partial charge is 0.261 e. The molecule has 0 radical (unpaired) electrons. The van der Waals surface area contributed by atoms with Gasteiger partial charge in [0, 0.05) is 47.2 Å². The van der Waals surface area contributed by atoms with Crippen LogP contribution in [-0.2, 0) is 11.8 Å². The molecule has 33 heavy (non-hydrogen) atoms. The minimum absolute atomic E-state index is 0.199. The summed E-state index contributed by atoms with van der Waals surface area (Å²) in [5.41, 5.74) is 2.66. The number of ether oxygens (including phenoxy) is 1. The molecule has 0 amide bonds. The molecule has 1 aromatic carbocycles. The molecule has 0 bridgehead atoms.